The largest absolute Gasteiger partial charge is 0.243 e. The van der Waals surface area contributed by atoms with Crippen LogP contribution in [0.1, 0.15) is 18.4 Å². The summed E-state index contributed by atoms with van der Waals surface area (Å²) in [4.78, 5) is 0.472. The number of sulfonamides is 1. The van der Waals surface area contributed by atoms with Crippen LogP contribution in [0.4, 0.5) is 0 Å². The molecule has 1 aromatic rings. The Labute approximate surface area is 125 Å². The van der Waals surface area contributed by atoms with E-state index in [9.17, 15) is 8.42 Å². The van der Waals surface area contributed by atoms with Crippen LogP contribution in [0.5, 0.6) is 0 Å². The molecule has 0 N–H and O–H groups in total. The molecule has 0 bridgehead atoms. The molecule has 1 spiro atoms. The van der Waals surface area contributed by atoms with Gasteiger partial charge in [-0.2, -0.15) is 4.31 Å². The summed E-state index contributed by atoms with van der Waals surface area (Å²) in [5.41, 5.74) is 1.92. The van der Waals surface area contributed by atoms with Gasteiger partial charge in [-0.1, -0.05) is 17.7 Å². The summed E-state index contributed by atoms with van der Waals surface area (Å²) in [6.45, 7) is 3.60. The highest BCUT2D eigenvalue weighted by molar-refractivity contribution is 7.89. The third-order valence-corrected chi connectivity index (χ3v) is 9.53. The molecule has 5 fully saturated rings. The topological polar surface area (TPSA) is 37.4 Å². The van der Waals surface area contributed by atoms with Gasteiger partial charge in [0.25, 0.3) is 0 Å². The number of nitrogens with zero attached hydrogens (tertiary/aromatic N) is 1. The first-order valence-electron chi connectivity index (χ1n) is 8.08. The highest BCUT2D eigenvalue weighted by atomic mass is 32.2. The molecule has 1 heterocycles. The van der Waals surface area contributed by atoms with E-state index in [2.05, 4.69) is 0 Å². The van der Waals surface area contributed by atoms with Crippen LogP contribution in [0.3, 0.4) is 0 Å². The summed E-state index contributed by atoms with van der Waals surface area (Å²) in [6.07, 6.45) is 2.74. The molecular formula is C17H19NO2S. The zero-order chi connectivity index (χ0) is 14.2. The summed E-state index contributed by atoms with van der Waals surface area (Å²) in [5.74, 6) is 3.70. The third kappa shape index (κ3) is 0.994. The van der Waals surface area contributed by atoms with Gasteiger partial charge >= 0.3 is 0 Å². The Hall–Kier alpha value is -0.870. The van der Waals surface area contributed by atoms with E-state index < -0.39 is 10.0 Å². The van der Waals surface area contributed by atoms with Crippen molar-refractivity contribution in [2.45, 2.75) is 24.7 Å². The van der Waals surface area contributed by atoms with E-state index in [4.69, 9.17) is 0 Å². The van der Waals surface area contributed by atoms with Crippen molar-refractivity contribution in [1.82, 2.24) is 4.31 Å². The number of rotatable bonds is 2. The van der Waals surface area contributed by atoms with E-state index in [1.807, 2.05) is 23.4 Å². The van der Waals surface area contributed by atoms with Gasteiger partial charge in [0.15, 0.2) is 0 Å². The Morgan fingerprint density at radius 1 is 1.14 bits per heavy atom. The van der Waals surface area contributed by atoms with Gasteiger partial charge < -0.3 is 0 Å². The fourth-order valence-corrected chi connectivity index (χ4v) is 8.57. The monoisotopic (exact) mass is 301 g/mol. The third-order valence-electron chi connectivity index (χ3n) is 7.72. The molecule has 4 aliphatic carbocycles. The van der Waals surface area contributed by atoms with Gasteiger partial charge in [-0.3, -0.25) is 0 Å². The van der Waals surface area contributed by atoms with Crippen LogP contribution in [-0.4, -0.2) is 25.8 Å². The van der Waals surface area contributed by atoms with Crippen molar-refractivity contribution in [3.05, 3.63) is 29.8 Å². The average molecular weight is 301 g/mol. The highest BCUT2D eigenvalue weighted by Gasteiger charge is 2.96. The lowest BCUT2D eigenvalue weighted by Crippen LogP contribution is -2.35. The molecule has 6 rings (SSSR count). The second kappa shape index (κ2) is 2.95. The van der Waals surface area contributed by atoms with Crippen LogP contribution in [-0.2, 0) is 10.0 Å². The van der Waals surface area contributed by atoms with Crippen LogP contribution < -0.4 is 0 Å². The van der Waals surface area contributed by atoms with Crippen molar-refractivity contribution in [1.29, 1.82) is 0 Å². The molecule has 6 atom stereocenters. The van der Waals surface area contributed by atoms with Crippen molar-refractivity contribution >= 4 is 10.0 Å². The quantitative estimate of drug-likeness (QED) is 0.840. The zero-order valence-corrected chi connectivity index (χ0v) is 12.9. The zero-order valence-electron chi connectivity index (χ0n) is 12.1. The first kappa shape index (κ1) is 11.7. The summed E-state index contributed by atoms with van der Waals surface area (Å²) < 4.78 is 27.6. The number of hydrogen-bond acceptors (Lipinski definition) is 2. The fourth-order valence-electron chi connectivity index (χ4n) is 7.01. The number of piperidine rings is 1. The molecule has 0 radical (unpaired) electrons. The Morgan fingerprint density at radius 2 is 1.90 bits per heavy atom. The van der Waals surface area contributed by atoms with Gasteiger partial charge in [0.05, 0.1) is 4.90 Å². The molecule has 1 saturated heterocycles. The Bertz CT molecular complexity index is 782. The molecule has 0 amide bonds. The molecule has 5 aliphatic rings. The SMILES string of the molecule is Cc1ccc(S(=O)(=O)N2CC34CC5C6CC3C4(C2)C65)cc1. The molecule has 21 heavy (non-hydrogen) atoms. The van der Waals surface area contributed by atoms with Gasteiger partial charge in [-0.25, -0.2) is 8.42 Å². The van der Waals surface area contributed by atoms with Crippen molar-refractivity contribution in [2.75, 3.05) is 13.1 Å². The average Bonchev–Trinajstić information content (AvgIpc) is 3.10. The van der Waals surface area contributed by atoms with Gasteiger partial charge in [-0.15, -0.1) is 0 Å². The predicted molar refractivity (Wildman–Crippen MR) is 78.0 cm³/mol. The summed E-state index contributed by atoms with van der Waals surface area (Å²) in [7, 11) is -3.29. The summed E-state index contributed by atoms with van der Waals surface area (Å²) >= 11 is 0. The maximum absolute atomic E-state index is 12.9. The standard InChI is InChI=1S/C17H19NO2S/c1-10-2-4-11(5-3-10)21(19,20)18-8-16-7-13-12-6-14(16)17(16,9-18)15(12)13/h2-5,12-15H,6-9H2,1H3. The van der Waals surface area contributed by atoms with E-state index in [0.29, 0.717) is 15.7 Å². The van der Waals surface area contributed by atoms with Crippen molar-refractivity contribution in [3.8, 4) is 0 Å². The molecule has 0 aromatic heterocycles. The first-order chi connectivity index (χ1) is 10.0. The molecule has 3 nitrogen and oxygen atoms in total. The van der Waals surface area contributed by atoms with E-state index in [-0.39, 0.29) is 0 Å². The Kier molecular flexibility index (Phi) is 1.64. The minimum atomic E-state index is -3.29. The molecule has 1 aromatic carbocycles. The van der Waals surface area contributed by atoms with Gasteiger partial charge in [0, 0.05) is 13.1 Å². The normalized spacial score (nSPS) is 51.9. The number of benzene rings is 1. The van der Waals surface area contributed by atoms with Crippen molar-refractivity contribution in [2.24, 2.45) is 34.5 Å². The number of fused-ring (bicyclic) bond motifs is 1. The summed E-state index contributed by atoms with van der Waals surface area (Å²) in [6, 6.07) is 7.32. The molecule has 4 heteroatoms. The lowest BCUT2D eigenvalue weighted by atomic mass is 9.88. The molecule has 110 valence electrons. The van der Waals surface area contributed by atoms with Gasteiger partial charge in [-0.05, 0) is 66.4 Å². The lowest BCUT2D eigenvalue weighted by Gasteiger charge is -2.26. The maximum atomic E-state index is 12.9. The van der Waals surface area contributed by atoms with Crippen molar-refractivity contribution < 1.29 is 8.42 Å². The number of hydrogen-bond donors (Lipinski definition) is 0. The van der Waals surface area contributed by atoms with E-state index in [0.717, 1.165) is 42.3 Å². The van der Waals surface area contributed by atoms with Crippen LogP contribution in [0, 0.1) is 41.4 Å². The minimum Gasteiger partial charge on any atom is -0.207 e. The minimum absolute atomic E-state index is 0.398. The van der Waals surface area contributed by atoms with Crippen LogP contribution >= 0.6 is 0 Å². The van der Waals surface area contributed by atoms with E-state index in [1.165, 1.54) is 12.8 Å². The smallest absolute Gasteiger partial charge is 0.207 e. The lowest BCUT2D eigenvalue weighted by molar-refractivity contribution is 0.278. The van der Waals surface area contributed by atoms with Crippen molar-refractivity contribution in [3.63, 3.8) is 0 Å². The Balaban J connectivity index is 1.38. The molecule has 1 aliphatic heterocycles. The molecule has 6 unspecified atom stereocenters. The summed E-state index contributed by atoms with van der Waals surface area (Å²) in [5, 5.41) is 0. The Morgan fingerprint density at radius 3 is 2.57 bits per heavy atom. The van der Waals surface area contributed by atoms with Gasteiger partial charge in [0.2, 0.25) is 10.0 Å². The predicted octanol–water partition coefficient (Wildman–Crippen LogP) is 2.27. The first-order valence-corrected chi connectivity index (χ1v) is 9.52. The van der Waals surface area contributed by atoms with Crippen LogP contribution in [0.15, 0.2) is 29.2 Å². The maximum Gasteiger partial charge on any atom is 0.243 e. The van der Waals surface area contributed by atoms with E-state index in [1.54, 1.807) is 12.1 Å². The second-order valence-corrected chi connectivity index (χ2v) is 10.1. The van der Waals surface area contributed by atoms with Crippen LogP contribution in [0.2, 0.25) is 0 Å². The number of aryl methyl sites for hydroxylation is 1. The van der Waals surface area contributed by atoms with Crippen LogP contribution in [0.25, 0.3) is 0 Å². The van der Waals surface area contributed by atoms with E-state index >= 15 is 0 Å². The second-order valence-electron chi connectivity index (χ2n) is 8.13. The molecular weight excluding hydrogens is 282 g/mol. The molecule has 4 saturated carbocycles. The fraction of sp³-hybridized carbons (Fsp3) is 0.647. The highest BCUT2D eigenvalue weighted by Crippen LogP contribution is 2.98. The van der Waals surface area contributed by atoms with Gasteiger partial charge in [0.1, 0.15) is 0 Å².